The Hall–Kier alpha value is -0.955. The van der Waals surface area contributed by atoms with Crippen molar-refractivity contribution in [1.29, 1.82) is 0 Å². The predicted molar refractivity (Wildman–Crippen MR) is 110 cm³/mol. The van der Waals surface area contributed by atoms with Gasteiger partial charge in [0.05, 0.1) is 5.54 Å². The molecule has 1 saturated heterocycles. The molecule has 6 N–H and O–H groups in total. The zero-order valence-electron chi connectivity index (χ0n) is 16.7. The summed E-state index contributed by atoms with van der Waals surface area (Å²) in [6.07, 6.45) is 5.52. The van der Waals surface area contributed by atoms with E-state index in [1.165, 1.54) is 11.1 Å². The van der Waals surface area contributed by atoms with Gasteiger partial charge in [0.1, 0.15) is 0 Å². The largest absolute Gasteiger partial charge is 0.451 e. The van der Waals surface area contributed by atoms with E-state index >= 15 is 0 Å². The van der Waals surface area contributed by atoms with E-state index in [-0.39, 0.29) is 12.2 Å². The number of hydrogen-bond acceptors (Lipinski definition) is 6. The van der Waals surface area contributed by atoms with Crippen molar-refractivity contribution in [3.05, 3.63) is 35.4 Å². The molecule has 0 aromatic heterocycles. The van der Waals surface area contributed by atoms with Gasteiger partial charge in [-0.25, -0.2) is 0 Å². The van der Waals surface area contributed by atoms with Gasteiger partial charge in [-0.1, -0.05) is 37.1 Å². The molecule has 1 aliphatic heterocycles. The quantitative estimate of drug-likeness (QED) is 0.261. The van der Waals surface area contributed by atoms with Crippen LogP contribution in [-0.4, -0.2) is 57.2 Å². The smallest absolute Gasteiger partial charge is 0.427 e. The Balaban J connectivity index is 1.61. The Kier molecular flexibility index (Phi) is 7.53. The SMILES string of the molecule is NC(CCCCB(O)O)(C(O)O)C1CCCN(C2CCc3ccccc32)CC1. The first-order valence-electron chi connectivity index (χ1n) is 10.7. The van der Waals surface area contributed by atoms with Crippen LogP contribution in [0, 0.1) is 5.92 Å². The lowest BCUT2D eigenvalue weighted by atomic mass is 9.74. The van der Waals surface area contributed by atoms with Gasteiger partial charge in [-0.05, 0) is 75.0 Å². The highest BCUT2D eigenvalue weighted by molar-refractivity contribution is 6.40. The van der Waals surface area contributed by atoms with Gasteiger partial charge < -0.3 is 26.0 Å². The van der Waals surface area contributed by atoms with Crippen LogP contribution in [0.3, 0.4) is 0 Å². The van der Waals surface area contributed by atoms with Crippen LogP contribution < -0.4 is 5.73 Å². The molecule has 1 fully saturated rings. The monoisotopic (exact) mass is 390 g/mol. The van der Waals surface area contributed by atoms with Crippen molar-refractivity contribution in [1.82, 2.24) is 4.90 Å². The zero-order chi connectivity index (χ0) is 20.1. The highest BCUT2D eigenvalue weighted by Crippen LogP contribution is 2.39. The van der Waals surface area contributed by atoms with E-state index in [1.54, 1.807) is 0 Å². The molecule has 1 aliphatic carbocycles. The molecule has 0 spiro atoms. The Morgan fingerprint density at radius 2 is 1.89 bits per heavy atom. The minimum Gasteiger partial charge on any atom is -0.427 e. The van der Waals surface area contributed by atoms with Crippen molar-refractivity contribution in [2.75, 3.05) is 13.1 Å². The lowest BCUT2D eigenvalue weighted by Gasteiger charge is -2.39. The molecule has 0 bridgehead atoms. The number of aliphatic hydroxyl groups is 2. The summed E-state index contributed by atoms with van der Waals surface area (Å²) in [5, 5.41) is 38.1. The summed E-state index contributed by atoms with van der Waals surface area (Å²) in [7, 11) is -1.31. The molecule has 1 heterocycles. The molecular weight excluding hydrogens is 355 g/mol. The van der Waals surface area contributed by atoms with Crippen molar-refractivity contribution >= 4 is 7.12 Å². The molecule has 3 atom stereocenters. The van der Waals surface area contributed by atoms with Crippen LogP contribution in [0.4, 0.5) is 0 Å². The summed E-state index contributed by atoms with van der Waals surface area (Å²) in [6, 6.07) is 9.17. The molecular formula is C21H35BN2O4. The van der Waals surface area contributed by atoms with Gasteiger partial charge in [0, 0.05) is 6.04 Å². The maximum Gasteiger partial charge on any atom is 0.451 e. The van der Waals surface area contributed by atoms with Crippen molar-refractivity contribution in [3.8, 4) is 0 Å². The summed E-state index contributed by atoms with van der Waals surface area (Å²) in [5.41, 5.74) is 8.40. The van der Waals surface area contributed by atoms with Gasteiger partial charge in [-0.2, -0.15) is 0 Å². The standard InChI is InChI=1S/C21H35BN2O4/c23-21(20(25)26,12-3-4-13-22(27)28)17-7-5-14-24(15-11-17)19-10-9-16-6-1-2-8-18(16)19/h1-2,6,8,17,19-20,25-28H,3-5,7,9-15,23H2. The van der Waals surface area contributed by atoms with Crippen LogP contribution in [0.15, 0.2) is 24.3 Å². The van der Waals surface area contributed by atoms with E-state index < -0.39 is 18.9 Å². The number of fused-ring (bicyclic) bond motifs is 1. The van der Waals surface area contributed by atoms with E-state index in [9.17, 15) is 10.2 Å². The summed E-state index contributed by atoms with van der Waals surface area (Å²) in [4.78, 5) is 2.55. The Bertz CT molecular complexity index is 630. The number of nitrogens with two attached hydrogens (primary N) is 1. The summed E-state index contributed by atoms with van der Waals surface area (Å²) >= 11 is 0. The van der Waals surface area contributed by atoms with Crippen molar-refractivity contribution in [3.63, 3.8) is 0 Å². The van der Waals surface area contributed by atoms with Crippen LogP contribution in [0.25, 0.3) is 0 Å². The molecule has 2 aliphatic rings. The molecule has 28 heavy (non-hydrogen) atoms. The number of unbranched alkanes of at least 4 members (excludes halogenated alkanes) is 1. The number of aryl methyl sites for hydroxylation is 1. The molecule has 1 aromatic rings. The molecule has 3 unspecified atom stereocenters. The van der Waals surface area contributed by atoms with Crippen molar-refractivity contribution in [2.45, 2.75) is 75.6 Å². The maximum absolute atomic E-state index is 10.0. The Morgan fingerprint density at radius 3 is 2.64 bits per heavy atom. The predicted octanol–water partition coefficient (Wildman–Crippen LogP) is 1.43. The second-order valence-electron chi connectivity index (χ2n) is 8.63. The van der Waals surface area contributed by atoms with Crippen LogP contribution in [-0.2, 0) is 6.42 Å². The fraction of sp³-hybridized carbons (Fsp3) is 0.714. The molecule has 7 heteroatoms. The highest BCUT2D eigenvalue weighted by atomic mass is 16.5. The molecule has 0 amide bonds. The summed E-state index contributed by atoms with van der Waals surface area (Å²) in [5.74, 6) is 0.0493. The van der Waals surface area contributed by atoms with E-state index in [0.717, 1.165) is 45.2 Å². The molecule has 6 nitrogen and oxygen atoms in total. The first kappa shape index (κ1) is 21.7. The molecule has 0 radical (unpaired) electrons. The number of hydrogen-bond donors (Lipinski definition) is 5. The fourth-order valence-corrected chi connectivity index (χ4v) is 5.18. The molecule has 0 saturated carbocycles. The fourth-order valence-electron chi connectivity index (χ4n) is 5.18. The molecule has 156 valence electrons. The minimum atomic E-state index is -1.56. The third-order valence-corrected chi connectivity index (χ3v) is 6.87. The first-order valence-corrected chi connectivity index (χ1v) is 10.7. The first-order chi connectivity index (χ1) is 13.4. The number of nitrogens with zero attached hydrogens (tertiary/aromatic N) is 1. The van der Waals surface area contributed by atoms with E-state index in [1.807, 2.05) is 0 Å². The lowest BCUT2D eigenvalue weighted by Crippen LogP contribution is -2.56. The minimum absolute atomic E-state index is 0.0493. The number of rotatable bonds is 8. The average Bonchev–Trinajstić information content (AvgIpc) is 2.94. The van der Waals surface area contributed by atoms with E-state index in [0.29, 0.717) is 25.3 Å². The normalized spacial score (nSPS) is 25.4. The van der Waals surface area contributed by atoms with Crippen molar-refractivity contribution in [2.24, 2.45) is 11.7 Å². The number of benzene rings is 1. The third kappa shape index (κ3) is 4.96. The Morgan fingerprint density at radius 1 is 1.11 bits per heavy atom. The lowest BCUT2D eigenvalue weighted by molar-refractivity contribution is -0.120. The third-order valence-electron chi connectivity index (χ3n) is 6.87. The van der Waals surface area contributed by atoms with Gasteiger partial charge in [0.15, 0.2) is 6.29 Å². The van der Waals surface area contributed by atoms with Gasteiger partial charge in [0.25, 0.3) is 0 Å². The van der Waals surface area contributed by atoms with Crippen LogP contribution in [0.2, 0.25) is 6.32 Å². The topological polar surface area (TPSA) is 110 Å². The van der Waals surface area contributed by atoms with Crippen molar-refractivity contribution < 1.29 is 20.3 Å². The van der Waals surface area contributed by atoms with Gasteiger partial charge in [-0.3, -0.25) is 4.90 Å². The molecule has 3 rings (SSSR count). The zero-order valence-corrected chi connectivity index (χ0v) is 16.7. The number of aliphatic hydroxyl groups excluding tert-OH is 1. The average molecular weight is 390 g/mol. The summed E-state index contributed by atoms with van der Waals surface area (Å²) < 4.78 is 0. The second kappa shape index (κ2) is 9.70. The van der Waals surface area contributed by atoms with E-state index in [2.05, 4.69) is 29.2 Å². The van der Waals surface area contributed by atoms with Crippen LogP contribution >= 0.6 is 0 Å². The van der Waals surface area contributed by atoms with Gasteiger partial charge in [-0.15, -0.1) is 0 Å². The van der Waals surface area contributed by atoms with Crippen LogP contribution in [0.1, 0.15) is 62.1 Å². The number of likely N-dealkylation sites (tertiary alicyclic amines) is 1. The van der Waals surface area contributed by atoms with E-state index in [4.69, 9.17) is 15.8 Å². The highest BCUT2D eigenvalue weighted by Gasteiger charge is 2.41. The van der Waals surface area contributed by atoms with Gasteiger partial charge >= 0.3 is 7.12 Å². The maximum atomic E-state index is 10.0. The molecule has 1 aromatic carbocycles. The Labute approximate surface area is 168 Å². The summed E-state index contributed by atoms with van der Waals surface area (Å²) in [6.45, 7) is 1.94. The van der Waals surface area contributed by atoms with Gasteiger partial charge in [0.2, 0.25) is 0 Å². The second-order valence-corrected chi connectivity index (χ2v) is 8.63. The van der Waals surface area contributed by atoms with Crippen LogP contribution in [0.5, 0.6) is 0 Å².